The molecule has 8 heteroatoms. The second-order valence-corrected chi connectivity index (χ2v) is 9.29. The summed E-state index contributed by atoms with van der Waals surface area (Å²) in [6, 6.07) is 5.72. The van der Waals surface area contributed by atoms with Crippen LogP contribution < -0.4 is 4.74 Å². The van der Waals surface area contributed by atoms with E-state index in [1.54, 1.807) is 19.1 Å². The van der Waals surface area contributed by atoms with Crippen LogP contribution in [0, 0.1) is 0 Å². The maximum absolute atomic E-state index is 12.7. The SMILES string of the molecule is CCOc1ccc(S(=O)(=O)N(CC)C2CCS(=O)(=O)C2)cc1. The zero-order valence-corrected chi connectivity index (χ0v) is 14.4. The number of hydrogen-bond donors (Lipinski definition) is 0. The minimum atomic E-state index is -3.70. The molecule has 2 rings (SSSR count). The summed E-state index contributed by atoms with van der Waals surface area (Å²) in [5.41, 5.74) is 0. The zero-order chi connectivity index (χ0) is 16.4. The van der Waals surface area contributed by atoms with Gasteiger partial charge in [-0.15, -0.1) is 0 Å². The largest absolute Gasteiger partial charge is 0.494 e. The highest BCUT2D eigenvalue weighted by atomic mass is 32.2. The van der Waals surface area contributed by atoms with Gasteiger partial charge < -0.3 is 4.74 Å². The number of ether oxygens (including phenoxy) is 1. The van der Waals surface area contributed by atoms with Crippen molar-refractivity contribution in [3.8, 4) is 5.75 Å². The van der Waals surface area contributed by atoms with Crippen LogP contribution in [0.25, 0.3) is 0 Å². The molecule has 1 unspecified atom stereocenters. The Hall–Kier alpha value is -1.12. The van der Waals surface area contributed by atoms with E-state index in [0.717, 1.165) is 0 Å². The van der Waals surface area contributed by atoms with Crippen molar-refractivity contribution < 1.29 is 21.6 Å². The molecule has 22 heavy (non-hydrogen) atoms. The zero-order valence-electron chi connectivity index (χ0n) is 12.7. The lowest BCUT2D eigenvalue weighted by Gasteiger charge is -2.26. The quantitative estimate of drug-likeness (QED) is 0.774. The van der Waals surface area contributed by atoms with Gasteiger partial charge in [0.15, 0.2) is 9.84 Å². The minimum Gasteiger partial charge on any atom is -0.494 e. The summed E-state index contributed by atoms with van der Waals surface area (Å²) in [6.45, 7) is 4.32. The van der Waals surface area contributed by atoms with Crippen molar-refractivity contribution in [2.75, 3.05) is 24.7 Å². The Bertz CT molecular complexity index is 710. The molecule has 6 nitrogen and oxygen atoms in total. The fourth-order valence-corrected chi connectivity index (χ4v) is 6.13. The molecule has 1 saturated heterocycles. The molecule has 1 atom stereocenters. The predicted octanol–water partition coefficient (Wildman–Crippen LogP) is 1.28. The van der Waals surface area contributed by atoms with E-state index in [4.69, 9.17) is 4.74 Å². The molecule has 0 saturated carbocycles. The first-order valence-electron chi connectivity index (χ1n) is 7.25. The van der Waals surface area contributed by atoms with Gasteiger partial charge in [-0.3, -0.25) is 0 Å². The van der Waals surface area contributed by atoms with Crippen molar-refractivity contribution in [2.45, 2.75) is 31.2 Å². The van der Waals surface area contributed by atoms with Crippen molar-refractivity contribution in [3.63, 3.8) is 0 Å². The molecule has 0 bridgehead atoms. The van der Waals surface area contributed by atoms with Crippen molar-refractivity contribution in [1.82, 2.24) is 4.31 Å². The average Bonchev–Trinajstić information content (AvgIpc) is 2.80. The molecule has 0 amide bonds. The van der Waals surface area contributed by atoms with Crippen LogP contribution >= 0.6 is 0 Å². The maximum atomic E-state index is 12.7. The fraction of sp³-hybridized carbons (Fsp3) is 0.571. The highest BCUT2D eigenvalue weighted by Gasteiger charge is 2.37. The Morgan fingerprint density at radius 1 is 1.23 bits per heavy atom. The van der Waals surface area contributed by atoms with E-state index in [1.807, 2.05) is 6.92 Å². The van der Waals surface area contributed by atoms with Gasteiger partial charge in [-0.1, -0.05) is 6.92 Å². The Morgan fingerprint density at radius 3 is 2.32 bits per heavy atom. The third kappa shape index (κ3) is 3.61. The van der Waals surface area contributed by atoms with Gasteiger partial charge in [0.2, 0.25) is 10.0 Å². The third-order valence-electron chi connectivity index (χ3n) is 3.67. The fourth-order valence-electron chi connectivity index (χ4n) is 2.64. The summed E-state index contributed by atoms with van der Waals surface area (Å²) >= 11 is 0. The van der Waals surface area contributed by atoms with Crippen LogP contribution in [0.1, 0.15) is 20.3 Å². The van der Waals surface area contributed by atoms with Gasteiger partial charge in [0.1, 0.15) is 5.75 Å². The van der Waals surface area contributed by atoms with E-state index in [1.165, 1.54) is 16.4 Å². The molecule has 1 aliphatic rings. The molecule has 0 aliphatic carbocycles. The van der Waals surface area contributed by atoms with Gasteiger partial charge in [0.05, 0.1) is 23.0 Å². The molecule has 1 aromatic rings. The van der Waals surface area contributed by atoms with Gasteiger partial charge in [-0.2, -0.15) is 4.31 Å². The highest BCUT2D eigenvalue weighted by molar-refractivity contribution is 7.92. The van der Waals surface area contributed by atoms with Crippen molar-refractivity contribution >= 4 is 19.9 Å². The molecule has 1 aliphatic heterocycles. The first kappa shape index (κ1) is 17.2. The van der Waals surface area contributed by atoms with Gasteiger partial charge in [0.25, 0.3) is 0 Å². The topological polar surface area (TPSA) is 80.8 Å². The normalized spacial score (nSPS) is 21.1. The molecule has 0 N–H and O–H groups in total. The standard InChI is InChI=1S/C14H21NO5S2/c1-3-15(12-9-10-21(16,17)11-12)22(18,19)14-7-5-13(6-8-14)20-4-2/h5-8,12H,3-4,9-11H2,1-2H3. The Balaban J connectivity index is 2.27. The summed E-state index contributed by atoms with van der Waals surface area (Å²) in [5, 5.41) is 0. The van der Waals surface area contributed by atoms with E-state index >= 15 is 0 Å². The number of sulfone groups is 1. The van der Waals surface area contributed by atoms with E-state index in [0.29, 0.717) is 18.8 Å². The maximum Gasteiger partial charge on any atom is 0.243 e. The molecular weight excluding hydrogens is 326 g/mol. The third-order valence-corrected chi connectivity index (χ3v) is 7.46. The van der Waals surface area contributed by atoms with Gasteiger partial charge in [-0.25, -0.2) is 16.8 Å². The van der Waals surface area contributed by atoms with Crippen LogP contribution in [0.5, 0.6) is 5.75 Å². The minimum absolute atomic E-state index is 0.0486. The van der Waals surface area contributed by atoms with Crippen molar-refractivity contribution in [1.29, 1.82) is 0 Å². The number of benzene rings is 1. The molecule has 0 aromatic heterocycles. The van der Waals surface area contributed by atoms with Crippen LogP contribution in [0.3, 0.4) is 0 Å². The monoisotopic (exact) mass is 347 g/mol. The number of hydrogen-bond acceptors (Lipinski definition) is 5. The van der Waals surface area contributed by atoms with Crippen LogP contribution in [0.15, 0.2) is 29.2 Å². The van der Waals surface area contributed by atoms with E-state index in [2.05, 4.69) is 0 Å². The van der Waals surface area contributed by atoms with E-state index in [-0.39, 0.29) is 22.9 Å². The van der Waals surface area contributed by atoms with E-state index < -0.39 is 25.9 Å². The second-order valence-electron chi connectivity index (χ2n) is 5.17. The van der Waals surface area contributed by atoms with Crippen LogP contribution in [-0.4, -0.2) is 51.8 Å². The molecule has 1 fully saturated rings. The second kappa shape index (κ2) is 6.55. The Labute approximate surface area is 132 Å². The molecular formula is C14H21NO5S2. The molecule has 124 valence electrons. The van der Waals surface area contributed by atoms with Crippen molar-refractivity contribution in [3.05, 3.63) is 24.3 Å². The first-order valence-corrected chi connectivity index (χ1v) is 10.5. The lowest BCUT2D eigenvalue weighted by molar-refractivity contribution is 0.339. The predicted molar refractivity (Wildman–Crippen MR) is 84.2 cm³/mol. The van der Waals surface area contributed by atoms with E-state index in [9.17, 15) is 16.8 Å². The molecule has 1 heterocycles. The average molecular weight is 347 g/mol. The van der Waals surface area contributed by atoms with Crippen LogP contribution in [0.4, 0.5) is 0 Å². The lowest BCUT2D eigenvalue weighted by atomic mass is 10.3. The molecule has 0 radical (unpaired) electrons. The smallest absolute Gasteiger partial charge is 0.243 e. The van der Waals surface area contributed by atoms with Gasteiger partial charge in [-0.05, 0) is 37.6 Å². The first-order chi connectivity index (χ1) is 10.3. The van der Waals surface area contributed by atoms with Gasteiger partial charge >= 0.3 is 0 Å². The summed E-state index contributed by atoms with van der Waals surface area (Å²) in [5.74, 6) is 0.553. The van der Waals surface area contributed by atoms with Crippen LogP contribution in [0.2, 0.25) is 0 Å². The van der Waals surface area contributed by atoms with Crippen LogP contribution in [-0.2, 0) is 19.9 Å². The van der Waals surface area contributed by atoms with Crippen molar-refractivity contribution in [2.24, 2.45) is 0 Å². The number of rotatable bonds is 6. The van der Waals surface area contributed by atoms with Gasteiger partial charge in [0, 0.05) is 12.6 Å². The lowest BCUT2D eigenvalue weighted by Crippen LogP contribution is -2.40. The number of sulfonamides is 1. The molecule has 1 aromatic carbocycles. The Morgan fingerprint density at radius 2 is 1.86 bits per heavy atom. The summed E-state index contributed by atoms with van der Waals surface area (Å²) in [4.78, 5) is 0.155. The number of nitrogens with zero attached hydrogens (tertiary/aromatic N) is 1. The summed E-state index contributed by atoms with van der Waals surface area (Å²) < 4.78 is 55.2. The highest BCUT2D eigenvalue weighted by Crippen LogP contribution is 2.25. The summed E-state index contributed by atoms with van der Waals surface area (Å²) in [6.07, 6.45) is 0.354. The Kier molecular flexibility index (Phi) is 5.14. The molecule has 0 spiro atoms. The summed E-state index contributed by atoms with van der Waals surface area (Å²) in [7, 11) is -6.84.